The molecule has 6 heteroatoms. The van der Waals surface area contributed by atoms with E-state index in [9.17, 15) is 4.79 Å². The van der Waals surface area contributed by atoms with Crippen molar-refractivity contribution in [1.82, 2.24) is 0 Å². The van der Waals surface area contributed by atoms with Crippen LogP contribution in [0.5, 0.6) is 0 Å². The Balaban J connectivity index is 2.75. The van der Waals surface area contributed by atoms with Gasteiger partial charge in [0, 0.05) is 12.5 Å². The normalized spacial score (nSPS) is 13.7. The standard InChI is InChI=1S/C11H16Cl2N2OS/c1-11(2,5-9(15)16)4-7(14)6-3-8(12)17-10(6)13/h3,7H,4-5,14H2,1-2H3,(H2,15,16). The Morgan fingerprint density at radius 3 is 2.53 bits per heavy atom. The van der Waals surface area contributed by atoms with Crippen molar-refractivity contribution in [3.8, 4) is 0 Å². The lowest BCUT2D eigenvalue weighted by atomic mass is 9.81. The zero-order chi connectivity index (χ0) is 13.2. The van der Waals surface area contributed by atoms with Gasteiger partial charge in [0.2, 0.25) is 5.91 Å². The summed E-state index contributed by atoms with van der Waals surface area (Å²) in [6, 6.07) is 1.54. The maximum Gasteiger partial charge on any atom is 0.217 e. The summed E-state index contributed by atoms with van der Waals surface area (Å²) in [5.41, 5.74) is 11.9. The van der Waals surface area contributed by atoms with Gasteiger partial charge in [0.1, 0.15) is 0 Å². The van der Waals surface area contributed by atoms with Crippen LogP contribution in [0.2, 0.25) is 8.67 Å². The maximum absolute atomic E-state index is 10.9. The third kappa shape index (κ3) is 4.47. The second kappa shape index (κ2) is 5.57. The molecule has 0 saturated carbocycles. The fourth-order valence-corrected chi connectivity index (χ4v) is 3.45. The number of primary amides is 1. The van der Waals surface area contributed by atoms with Crippen molar-refractivity contribution < 1.29 is 4.79 Å². The lowest BCUT2D eigenvalue weighted by Crippen LogP contribution is -2.26. The number of halogens is 2. The summed E-state index contributed by atoms with van der Waals surface area (Å²) in [6.45, 7) is 3.92. The molecule has 0 saturated heterocycles. The topological polar surface area (TPSA) is 69.1 Å². The summed E-state index contributed by atoms with van der Waals surface area (Å²) in [5, 5.41) is 0. The summed E-state index contributed by atoms with van der Waals surface area (Å²) in [5.74, 6) is -0.323. The molecule has 1 aromatic heterocycles. The van der Waals surface area contributed by atoms with Gasteiger partial charge in [0.05, 0.1) is 8.67 Å². The Hall–Kier alpha value is -0.290. The van der Waals surface area contributed by atoms with Gasteiger partial charge in [-0.25, -0.2) is 0 Å². The molecule has 1 amide bonds. The molecule has 0 aromatic carbocycles. The number of nitrogens with two attached hydrogens (primary N) is 2. The molecule has 1 unspecified atom stereocenters. The Morgan fingerprint density at radius 1 is 1.53 bits per heavy atom. The Bertz CT molecular complexity index is 418. The number of hydrogen-bond donors (Lipinski definition) is 2. The molecule has 0 aliphatic heterocycles. The molecule has 1 aromatic rings. The summed E-state index contributed by atoms with van der Waals surface area (Å²) < 4.78 is 1.23. The second-order valence-corrected chi connectivity index (χ2v) is 7.18. The molecular weight excluding hydrogens is 279 g/mol. The predicted octanol–water partition coefficient (Wildman–Crippen LogP) is 3.35. The first-order valence-electron chi connectivity index (χ1n) is 5.20. The molecule has 1 atom stereocenters. The third-order valence-corrected chi connectivity index (χ3v) is 4.03. The largest absolute Gasteiger partial charge is 0.370 e. The zero-order valence-corrected chi connectivity index (χ0v) is 12.1. The van der Waals surface area contributed by atoms with Crippen LogP contribution in [0, 0.1) is 5.41 Å². The fraction of sp³-hybridized carbons (Fsp3) is 0.545. The monoisotopic (exact) mass is 294 g/mol. The highest BCUT2D eigenvalue weighted by atomic mass is 35.5. The Labute approximate surface area is 115 Å². The second-order valence-electron chi connectivity index (χ2n) is 4.90. The summed E-state index contributed by atoms with van der Waals surface area (Å²) in [6.07, 6.45) is 0.929. The highest BCUT2D eigenvalue weighted by Gasteiger charge is 2.26. The van der Waals surface area contributed by atoms with Crippen molar-refractivity contribution in [2.24, 2.45) is 16.9 Å². The van der Waals surface area contributed by atoms with Gasteiger partial charge in [-0.05, 0) is 23.5 Å². The average molecular weight is 295 g/mol. The number of carbonyl (C=O) groups excluding carboxylic acids is 1. The summed E-state index contributed by atoms with van der Waals surface area (Å²) in [7, 11) is 0. The van der Waals surface area contributed by atoms with E-state index in [1.54, 1.807) is 6.07 Å². The molecule has 0 aliphatic rings. The summed E-state index contributed by atoms with van der Waals surface area (Å²) >= 11 is 13.2. The van der Waals surface area contributed by atoms with Crippen molar-refractivity contribution in [3.63, 3.8) is 0 Å². The van der Waals surface area contributed by atoms with E-state index in [2.05, 4.69) is 0 Å². The number of thiophene rings is 1. The molecule has 1 rings (SSSR count). The third-order valence-electron chi connectivity index (χ3n) is 2.51. The first kappa shape index (κ1) is 14.8. The number of amides is 1. The van der Waals surface area contributed by atoms with Crippen molar-refractivity contribution in [3.05, 3.63) is 20.3 Å². The molecular formula is C11H16Cl2N2OS. The molecule has 4 N–H and O–H groups in total. The highest BCUT2D eigenvalue weighted by Crippen LogP contribution is 2.39. The number of hydrogen-bond acceptors (Lipinski definition) is 3. The number of rotatable bonds is 5. The predicted molar refractivity (Wildman–Crippen MR) is 73.5 cm³/mol. The Morgan fingerprint density at radius 2 is 2.12 bits per heavy atom. The lowest BCUT2D eigenvalue weighted by molar-refractivity contribution is -0.120. The van der Waals surface area contributed by atoms with Crippen molar-refractivity contribution in [2.75, 3.05) is 0 Å². The van der Waals surface area contributed by atoms with E-state index in [1.165, 1.54) is 11.3 Å². The molecule has 0 spiro atoms. The molecule has 0 radical (unpaired) electrons. The van der Waals surface area contributed by atoms with Crippen molar-refractivity contribution >= 4 is 40.4 Å². The first-order valence-corrected chi connectivity index (χ1v) is 6.77. The molecule has 0 aliphatic carbocycles. The molecule has 3 nitrogen and oxygen atoms in total. The summed E-state index contributed by atoms with van der Waals surface area (Å²) in [4.78, 5) is 10.9. The van der Waals surface area contributed by atoms with Crippen LogP contribution in [-0.2, 0) is 4.79 Å². The molecule has 17 heavy (non-hydrogen) atoms. The van der Waals surface area contributed by atoms with E-state index in [4.69, 9.17) is 34.7 Å². The quantitative estimate of drug-likeness (QED) is 0.874. The Kier molecular flexibility index (Phi) is 4.84. The molecule has 96 valence electrons. The first-order chi connectivity index (χ1) is 7.71. The van der Waals surface area contributed by atoms with Gasteiger partial charge < -0.3 is 11.5 Å². The van der Waals surface area contributed by atoms with E-state index in [-0.39, 0.29) is 17.4 Å². The minimum Gasteiger partial charge on any atom is -0.370 e. The van der Waals surface area contributed by atoms with Crippen LogP contribution in [0.3, 0.4) is 0 Å². The molecule has 0 fully saturated rings. The van der Waals surface area contributed by atoms with E-state index in [1.807, 2.05) is 13.8 Å². The van der Waals surface area contributed by atoms with Crippen LogP contribution >= 0.6 is 34.5 Å². The van der Waals surface area contributed by atoms with Gasteiger partial charge in [0.25, 0.3) is 0 Å². The van der Waals surface area contributed by atoms with E-state index in [0.717, 1.165) is 5.56 Å². The minimum atomic E-state index is -0.323. The highest BCUT2D eigenvalue weighted by molar-refractivity contribution is 7.20. The molecule has 1 heterocycles. The average Bonchev–Trinajstić information content (AvgIpc) is 2.41. The van der Waals surface area contributed by atoms with Crippen LogP contribution < -0.4 is 11.5 Å². The van der Waals surface area contributed by atoms with E-state index < -0.39 is 0 Å². The van der Waals surface area contributed by atoms with Gasteiger partial charge in [-0.1, -0.05) is 37.0 Å². The van der Waals surface area contributed by atoms with Crippen LogP contribution in [0.1, 0.15) is 38.3 Å². The van der Waals surface area contributed by atoms with Crippen LogP contribution in [0.15, 0.2) is 6.07 Å². The maximum atomic E-state index is 10.9. The SMILES string of the molecule is CC(C)(CC(N)=O)CC(N)c1cc(Cl)sc1Cl. The van der Waals surface area contributed by atoms with Gasteiger partial charge in [0.15, 0.2) is 0 Å². The molecule has 0 bridgehead atoms. The van der Waals surface area contributed by atoms with Crippen LogP contribution in [0.4, 0.5) is 0 Å². The van der Waals surface area contributed by atoms with Gasteiger partial charge in [-0.3, -0.25) is 4.79 Å². The van der Waals surface area contributed by atoms with Gasteiger partial charge in [-0.2, -0.15) is 0 Å². The lowest BCUT2D eigenvalue weighted by Gasteiger charge is -2.26. The van der Waals surface area contributed by atoms with Gasteiger partial charge >= 0.3 is 0 Å². The number of carbonyl (C=O) groups is 1. The minimum absolute atomic E-state index is 0.236. The van der Waals surface area contributed by atoms with E-state index >= 15 is 0 Å². The van der Waals surface area contributed by atoms with Crippen molar-refractivity contribution in [1.29, 1.82) is 0 Å². The smallest absolute Gasteiger partial charge is 0.217 e. The fourth-order valence-electron chi connectivity index (χ4n) is 1.85. The van der Waals surface area contributed by atoms with Crippen molar-refractivity contribution in [2.45, 2.75) is 32.7 Å². The zero-order valence-electron chi connectivity index (χ0n) is 9.80. The van der Waals surface area contributed by atoms with Gasteiger partial charge in [-0.15, -0.1) is 11.3 Å². The van der Waals surface area contributed by atoms with Crippen LogP contribution in [-0.4, -0.2) is 5.91 Å². The van der Waals surface area contributed by atoms with E-state index in [0.29, 0.717) is 21.5 Å². The van der Waals surface area contributed by atoms with Crippen LogP contribution in [0.25, 0.3) is 0 Å².